The third-order valence-electron chi connectivity index (χ3n) is 7.06. The van der Waals surface area contributed by atoms with E-state index in [0.29, 0.717) is 47.3 Å². The number of carbonyl (C=O) groups excluding carboxylic acids is 2. The van der Waals surface area contributed by atoms with Crippen LogP contribution in [0.4, 0.5) is 10.5 Å². The monoisotopic (exact) mass is 588 g/mol. The quantitative estimate of drug-likeness (QED) is 0.0467. The minimum Gasteiger partial charge on any atom is -0.488 e. The van der Waals surface area contributed by atoms with Gasteiger partial charge >= 0.3 is 6.09 Å². The molecule has 0 aliphatic heterocycles. The van der Waals surface area contributed by atoms with Gasteiger partial charge in [-0.05, 0) is 75.2 Å². The summed E-state index contributed by atoms with van der Waals surface area (Å²) in [6.07, 6.45) is 0.715. The van der Waals surface area contributed by atoms with E-state index in [-0.39, 0.29) is 23.1 Å². The van der Waals surface area contributed by atoms with Gasteiger partial charge in [-0.1, -0.05) is 18.5 Å². The number of nitrogens with one attached hydrogen (secondary N) is 1. The van der Waals surface area contributed by atoms with E-state index in [1.54, 1.807) is 43.5 Å². The Kier molecular flexibility index (Phi) is 10.1. The van der Waals surface area contributed by atoms with Gasteiger partial charge in [0.1, 0.15) is 11.9 Å². The van der Waals surface area contributed by atoms with Crippen molar-refractivity contribution in [2.75, 3.05) is 20.3 Å². The molecule has 43 heavy (non-hydrogen) atoms. The maximum absolute atomic E-state index is 14.0. The highest BCUT2D eigenvalue weighted by Gasteiger charge is 2.23. The van der Waals surface area contributed by atoms with E-state index >= 15 is 0 Å². The van der Waals surface area contributed by atoms with Gasteiger partial charge in [0.2, 0.25) is 5.78 Å². The lowest BCUT2D eigenvalue weighted by molar-refractivity contribution is -0.384. The second kappa shape index (κ2) is 13.9. The van der Waals surface area contributed by atoms with Crippen LogP contribution >= 0.6 is 0 Å². The third kappa shape index (κ3) is 7.00. The molecule has 11 nitrogen and oxygen atoms in total. The normalized spacial score (nSPS) is 12.3. The van der Waals surface area contributed by atoms with Crippen LogP contribution in [0.25, 0.3) is 21.8 Å². The number of fused-ring (bicyclic) bond motifs is 3. The number of aromatic nitrogens is 1. The number of oxime groups is 1. The molecule has 4 aromatic rings. The Labute approximate surface area is 249 Å². The minimum absolute atomic E-state index is 0.0399. The first-order chi connectivity index (χ1) is 20.7. The summed E-state index contributed by atoms with van der Waals surface area (Å²) in [5, 5.41) is 19.5. The molecule has 11 heteroatoms. The zero-order valence-corrected chi connectivity index (χ0v) is 25.0. The smallest absolute Gasteiger partial charge is 0.433 e. The van der Waals surface area contributed by atoms with Crippen molar-refractivity contribution < 1.29 is 28.8 Å². The lowest BCUT2D eigenvalue weighted by Gasteiger charge is -2.16. The molecule has 1 N–H and O–H groups in total. The van der Waals surface area contributed by atoms with Crippen LogP contribution in [0.3, 0.4) is 0 Å². The molecule has 0 aliphatic rings. The molecular formula is C32H36N4O7. The van der Waals surface area contributed by atoms with E-state index in [9.17, 15) is 19.7 Å². The van der Waals surface area contributed by atoms with Gasteiger partial charge in [0, 0.05) is 65.3 Å². The van der Waals surface area contributed by atoms with Gasteiger partial charge in [0.15, 0.2) is 5.71 Å². The van der Waals surface area contributed by atoms with Gasteiger partial charge in [0.25, 0.3) is 5.69 Å². The lowest BCUT2D eigenvalue weighted by Crippen LogP contribution is -2.25. The highest BCUT2D eigenvalue weighted by molar-refractivity contribution is 6.51. The van der Waals surface area contributed by atoms with E-state index in [2.05, 4.69) is 10.5 Å². The van der Waals surface area contributed by atoms with E-state index in [1.165, 1.54) is 12.1 Å². The number of benzene rings is 3. The summed E-state index contributed by atoms with van der Waals surface area (Å²) >= 11 is 0. The van der Waals surface area contributed by atoms with Crippen molar-refractivity contribution in [3.63, 3.8) is 0 Å². The summed E-state index contributed by atoms with van der Waals surface area (Å²) in [7, 11) is 1.60. The number of amides is 1. The van der Waals surface area contributed by atoms with Crippen LogP contribution in [0, 0.1) is 17.0 Å². The third-order valence-corrected chi connectivity index (χ3v) is 7.06. The topological polar surface area (TPSA) is 134 Å². The van der Waals surface area contributed by atoms with Crippen LogP contribution in [-0.2, 0) is 16.1 Å². The minimum atomic E-state index is -0.765. The van der Waals surface area contributed by atoms with Crippen LogP contribution in [0.2, 0.25) is 0 Å². The fourth-order valence-corrected chi connectivity index (χ4v) is 5.00. The van der Waals surface area contributed by atoms with Crippen molar-refractivity contribution in [3.8, 4) is 5.75 Å². The Hall–Kier alpha value is -4.77. The van der Waals surface area contributed by atoms with Crippen LogP contribution in [0.15, 0.2) is 59.8 Å². The Morgan fingerprint density at radius 1 is 1.05 bits per heavy atom. The SMILES string of the molecule is CCCCNC(=O)O/N=C(/C(=O)c1ccc2c(c1)c1cc([N+](=O)[O-])ccc1n2CC)c1ccc(OC(C)COC)cc1C. The summed E-state index contributed by atoms with van der Waals surface area (Å²) < 4.78 is 13.1. The van der Waals surface area contributed by atoms with Crippen LogP contribution in [0.1, 0.15) is 55.1 Å². The predicted molar refractivity (Wildman–Crippen MR) is 165 cm³/mol. The predicted octanol–water partition coefficient (Wildman–Crippen LogP) is 6.56. The number of methoxy groups -OCH3 is 1. The molecule has 0 spiro atoms. The number of carbonyl (C=O) groups is 2. The summed E-state index contributed by atoms with van der Waals surface area (Å²) in [6, 6.07) is 15.1. The number of aryl methyl sites for hydroxylation is 2. The number of nitro groups is 1. The molecule has 0 bridgehead atoms. The fourth-order valence-electron chi connectivity index (χ4n) is 5.00. The number of nitrogens with zero attached hydrogens (tertiary/aromatic N) is 3. The first-order valence-electron chi connectivity index (χ1n) is 14.2. The number of unbranched alkanes of at least 4 members (excludes halogenated alkanes) is 1. The molecule has 0 saturated carbocycles. The van der Waals surface area contributed by atoms with Gasteiger partial charge in [-0.2, -0.15) is 0 Å². The molecule has 1 amide bonds. The van der Waals surface area contributed by atoms with Crippen molar-refractivity contribution >= 4 is 45.1 Å². The highest BCUT2D eigenvalue weighted by Crippen LogP contribution is 2.33. The average molecular weight is 589 g/mol. The molecule has 226 valence electrons. The van der Waals surface area contributed by atoms with Crippen molar-refractivity contribution in [1.82, 2.24) is 9.88 Å². The Morgan fingerprint density at radius 2 is 1.77 bits per heavy atom. The van der Waals surface area contributed by atoms with Gasteiger partial charge in [-0.15, -0.1) is 0 Å². The van der Waals surface area contributed by atoms with Crippen LogP contribution in [0.5, 0.6) is 5.75 Å². The number of nitro benzene ring substituents is 1. The van der Waals surface area contributed by atoms with Crippen molar-refractivity contribution in [3.05, 3.63) is 81.4 Å². The number of hydrogen-bond acceptors (Lipinski definition) is 8. The summed E-state index contributed by atoms with van der Waals surface area (Å²) in [6.45, 7) is 9.14. The number of non-ortho nitro benzene ring substituents is 1. The molecule has 0 aliphatic carbocycles. The Morgan fingerprint density at radius 3 is 2.42 bits per heavy atom. The molecule has 1 aromatic heterocycles. The number of ether oxygens (including phenoxy) is 2. The Balaban J connectivity index is 1.78. The fraction of sp³-hybridized carbons (Fsp3) is 0.344. The largest absolute Gasteiger partial charge is 0.488 e. The zero-order chi connectivity index (χ0) is 31.1. The zero-order valence-electron chi connectivity index (χ0n) is 25.0. The van der Waals surface area contributed by atoms with Gasteiger partial charge < -0.3 is 19.4 Å². The lowest BCUT2D eigenvalue weighted by atomic mass is 9.96. The van der Waals surface area contributed by atoms with E-state index < -0.39 is 16.8 Å². The molecule has 4 rings (SSSR count). The van der Waals surface area contributed by atoms with E-state index in [0.717, 1.165) is 23.9 Å². The summed E-state index contributed by atoms with van der Waals surface area (Å²) in [5.74, 6) is 0.113. The summed E-state index contributed by atoms with van der Waals surface area (Å²) in [5.41, 5.74) is 2.99. The first kappa shape index (κ1) is 31.2. The molecule has 3 aromatic carbocycles. The van der Waals surface area contributed by atoms with Crippen LogP contribution in [-0.4, -0.2) is 53.4 Å². The second-order valence-corrected chi connectivity index (χ2v) is 10.2. The second-order valence-electron chi connectivity index (χ2n) is 10.2. The molecular weight excluding hydrogens is 552 g/mol. The number of ketones is 1. The average Bonchev–Trinajstić information content (AvgIpc) is 3.30. The maximum atomic E-state index is 14.0. The number of hydrogen-bond donors (Lipinski definition) is 1. The van der Waals surface area contributed by atoms with Gasteiger partial charge in [-0.25, -0.2) is 4.79 Å². The number of Topliss-reactive ketones (excluding diaryl/α,β-unsaturated/α-hetero) is 1. The molecule has 0 saturated heterocycles. The van der Waals surface area contributed by atoms with Gasteiger partial charge in [0.05, 0.1) is 11.5 Å². The summed E-state index contributed by atoms with van der Waals surface area (Å²) in [4.78, 5) is 42.6. The maximum Gasteiger partial charge on any atom is 0.433 e. The molecule has 0 fully saturated rings. The van der Waals surface area contributed by atoms with Crippen molar-refractivity contribution in [2.45, 2.75) is 53.2 Å². The molecule has 1 heterocycles. The van der Waals surface area contributed by atoms with Gasteiger partial charge in [-0.3, -0.25) is 19.7 Å². The van der Waals surface area contributed by atoms with E-state index in [4.69, 9.17) is 14.3 Å². The van der Waals surface area contributed by atoms with E-state index in [1.807, 2.05) is 38.3 Å². The van der Waals surface area contributed by atoms with Crippen LogP contribution < -0.4 is 10.1 Å². The van der Waals surface area contributed by atoms with Crippen molar-refractivity contribution in [2.24, 2.45) is 5.16 Å². The molecule has 1 unspecified atom stereocenters. The Bertz CT molecular complexity index is 1690. The molecule has 1 atom stereocenters. The number of rotatable bonds is 13. The molecule has 0 radical (unpaired) electrons. The van der Waals surface area contributed by atoms with Crippen molar-refractivity contribution in [1.29, 1.82) is 0 Å². The standard InChI is InChI=1S/C32H36N4O7/c1-6-8-15-33-32(38)43-34-30(25-12-11-24(16-20(25)3)42-21(4)19-41-5)31(37)22-9-13-28-26(17-22)27-18-23(36(39)40)10-14-29(27)35(28)7-2/h9-14,16-18,21H,6-8,15,19H2,1-5H3,(H,33,38)/b34-30+. The highest BCUT2D eigenvalue weighted by atomic mass is 16.7. The first-order valence-corrected chi connectivity index (χ1v) is 14.2.